The summed E-state index contributed by atoms with van der Waals surface area (Å²) in [5.74, 6) is 0.770. The first kappa shape index (κ1) is 15.9. The van der Waals surface area contributed by atoms with Gasteiger partial charge in [0.25, 0.3) is 0 Å². The zero-order valence-electron chi connectivity index (χ0n) is 12.9. The zero-order valence-corrected chi connectivity index (χ0v) is 12.9. The van der Waals surface area contributed by atoms with E-state index in [1.807, 2.05) is 7.11 Å². The Kier molecular flexibility index (Phi) is 7.20. The molecule has 0 radical (unpaired) electrons. The fourth-order valence-corrected chi connectivity index (χ4v) is 2.90. The van der Waals surface area contributed by atoms with Crippen LogP contribution in [0.2, 0.25) is 0 Å². The van der Waals surface area contributed by atoms with E-state index in [4.69, 9.17) is 4.74 Å². The molecule has 3 heteroatoms. The van der Waals surface area contributed by atoms with Crippen molar-refractivity contribution >= 4 is 0 Å². The molecule has 0 aromatic heterocycles. The number of methoxy groups -OCH3 is 1. The van der Waals surface area contributed by atoms with Gasteiger partial charge in [0, 0.05) is 38.8 Å². The van der Waals surface area contributed by atoms with E-state index < -0.39 is 0 Å². The van der Waals surface area contributed by atoms with Crippen LogP contribution in [0.25, 0.3) is 0 Å². The van der Waals surface area contributed by atoms with Crippen LogP contribution in [-0.2, 0) is 4.74 Å². The fourth-order valence-electron chi connectivity index (χ4n) is 2.90. The number of nitrogens with one attached hydrogen (secondary N) is 1. The first-order valence-electron chi connectivity index (χ1n) is 7.57. The Morgan fingerprint density at radius 3 is 2.61 bits per heavy atom. The van der Waals surface area contributed by atoms with Crippen molar-refractivity contribution in [3.63, 3.8) is 0 Å². The molecule has 1 rings (SSSR count). The highest BCUT2D eigenvalue weighted by Gasteiger charge is 2.28. The Morgan fingerprint density at radius 2 is 2.06 bits per heavy atom. The second-order valence-corrected chi connectivity index (χ2v) is 6.18. The lowest BCUT2D eigenvalue weighted by Crippen LogP contribution is -2.58. The molecular weight excluding hydrogens is 224 g/mol. The van der Waals surface area contributed by atoms with Gasteiger partial charge in [-0.3, -0.25) is 4.90 Å². The van der Waals surface area contributed by atoms with E-state index in [1.165, 1.54) is 25.8 Å². The fraction of sp³-hybridized carbons (Fsp3) is 1.00. The maximum Gasteiger partial charge on any atom is 0.0670 e. The van der Waals surface area contributed by atoms with E-state index in [0.717, 1.165) is 19.0 Å². The van der Waals surface area contributed by atoms with Crippen LogP contribution < -0.4 is 5.32 Å². The third-order valence-corrected chi connectivity index (χ3v) is 3.89. The number of nitrogens with zero attached hydrogens (tertiary/aromatic N) is 1. The molecule has 18 heavy (non-hydrogen) atoms. The van der Waals surface area contributed by atoms with Gasteiger partial charge in [-0.2, -0.15) is 0 Å². The van der Waals surface area contributed by atoms with Crippen LogP contribution in [0.5, 0.6) is 0 Å². The van der Waals surface area contributed by atoms with Gasteiger partial charge in [0.2, 0.25) is 0 Å². The highest BCUT2D eigenvalue weighted by atomic mass is 16.5. The molecule has 0 aliphatic carbocycles. The largest absolute Gasteiger partial charge is 0.380 e. The second kappa shape index (κ2) is 8.13. The van der Waals surface area contributed by atoms with Crippen molar-refractivity contribution < 1.29 is 4.74 Å². The van der Waals surface area contributed by atoms with E-state index >= 15 is 0 Å². The van der Waals surface area contributed by atoms with Crippen molar-refractivity contribution in [3.8, 4) is 0 Å². The third kappa shape index (κ3) is 5.25. The number of hydrogen-bond acceptors (Lipinski definition) is 3. The molecule has 1 saturated heterocycles. The molecule has 1 fully saturated rings. The van der Waals surface area contributed by atoms with Crippen LogP contribution in [-0.4, -0.2) is 49.8 Å². The van der Waals surface area contributed by atoms with Crippen molar-refractivity contribution in [2.75, 3.05) is 26.7 Å². The number of ether oxygens (including phenoxy) is 1. The second-order valence-electron chi connectivity index (χ2n) is 6.18. The van der Waals surface area contributed by atoms with Gasteiger partial charge in [-0.25, -0.2) is 0 Å². The minimum absolute atomic E-state index is 0.335. The van der Waals surface area contributed by atoms with Gasteiger partial charge in [-0.15, -0.1) is 0 Å². The molecule has 3 atom stereocenters. The molecule has 0 aromatic carbocycles. The summed E-state index contributed by atoms with van der Waals surface area (Å²) in [5, 5.41) is 3.72. The summed E-state index contributed by atoms with van der Waals surface area (Å²) in [4.78, 5) is 2.64. The molecule has 1 aliphatic heterocycles. The molecule has 1 heterocycles. The Morgan fingerprint density at radius 1 is 1.33 bits per heavy atom. The monoisotopic (exact) mass is 256 g/mol. The summed E-state index contributed by atoms with van der Waals surface area (Å²) in [6, 6.07) is 1.35. The topological polar surface area (TPSA) is 24.5 Å². The highest BCUT2D eigenvalue weighted by molar-refractivity contribution is 4.87. The normalized spacial score (nSPS) is 27.7. The maximum absolute atomic E-state index is 5.43. The minimum atomic E-state index is 0.335. The Bertz CT molecular complexity index is 221. The van der Waals surface area contributed by atoms with E-state index in [0.29, 0.717) is 18.2 Å². The molecule has 0 bridgehead atoms. The van der Waals surface area contributed by atoms with Crippen LogP contribution in [0.4, 0.5) is 0 Å². The van der Waals surface area contributed by atoms with Gasteiger partial charge in [0.15, 0.2) is 0 Å². The molecule has 0 spiro atoms. The summed E-state index contributed by atoms with van der Waals surface area (Å²) in [6.07, 6.45) is 4.16. The van der Waals surface area contributed by atoms with E-state index in [2.05, 4.69) is 37.9 Å². The van der Waals surface area contributed by atoms with E-state index in [9.17, 15) is 0 Å². The number of rotatable bonds is 7. The molecule has 3 unspecified atom stereocenters. The number of hydrogen-bond donors (Lipinski definition) is 1. The lowest BCUT2D eigenvalue weighted by Gasteiger charge is -2.42. The van der Waals surface area contributed by atoms with Crippen LogP contribution in [0.15, 0.2) is 0 Å². The molecule has 0 amide bonds. The molecule has 108 valence electrons. The van der Waals surface area contributed by atoms with E-state index in [-0.39, 0.29) is 0 Å². The van der Waals surface area contributed by atoms with Crippen LogP contribution in [0, 0.1) is 5.92 Å². The average molecular weight is 256 g/mol. The predicted octanol–water partition coefficient (Wildman–Crippen LogP) is 2.51. The molecule has 1 aliphatic rings. The molecular formula is C15H32N2O. The number of piperazine rings is 1. The van der Waals surface area contributed by atoms with Crippen molar-refractivity contribution in [2.24, 2.45) is 5.92 Å². The first-order chi connectivity index (χ1) is 8.56. The summed E-state index contributed by atoms with van der Waals surface area (Å²) in [6.45, 7) is 12.4. The Labute approximate surface area is 113 Å². The van der Waals surface area contributed by atoms with Crippen molar-refractivity contribution in [3.05, 3.63) is 0 Å². The average Bonchev–Trinajstić information content (AvgIpc) is 2.31. The minimum Gasteiger partial charge on any atom is -0.380 e. The smallest absolute Gasteiger partial charge is 0.0670 e. The van der Waals surface area contributed by atoms with Crippen molar-refractivity contribution in [2.45, 2.75) is 65.1 Å². The van der Waals surface area contributed by atoms with Gasteiger partial charge < -0.3 is 10.1 Å². The van der Waals surface area contributed by atoms with E-state index in [1.54, 1.807) is 0 Å². The maximum atomic E-state index is 5.43. The molecule has 0 aromatic rings. The standard InChI is InChI=1S/C15H32N2O/c1-6-7-15-9-16-14(8-12(2)3)11-17(15)10-13(4)18-5/h12-16H,6-11H2,1-5H3. The Balaban J connectivity index is 2.52. The van der Waals surface area contributed by atoms with Crippen LogP contribution in [0.1, 0.15) is 47.0 Å². The summed E-state index contributed by atoms with van der Waals surface area (Å²) in [7, 11) is 1.81. The first-order valence-corrected chi connectivity index (χ1v) is 7.57. The zero-order chi connectivity index (χ0) is 13.5. The van der Waals surface area contributed by atoms with Gasteiger partial charge in [-0.05, 0) is 25.7 Å². The van der Waals surface area contributed by atoms with Gasteiger partial charge >= 0.3 is 0 Å². The van der Waals surface area contributed by atoms with Gasteiger partial charge in [-0.1, -0.05) is 27.2 Å². The summed E-state index contributed by atoms with van der Waals surface area (Å²) < 4.78 is 5.43. The predicted molar refractivity (Wildman–Crippen MR) is 78.0 cm³/mol. The van der Waals surface area contributed by atoms with Gasteiger partial charge in [0.05, 0.1) is 6.10 Å². The molecule has 1 N–H and O–H groups in total. The lowest BCUT2D eigenvalue weighted by molar-refractivity contribution is 0.0363. The summed E-state index contributed by atoms with van der Waals surface area (Å²) in [5.41, 5.74) is 0. The highest BCUT2D eigenvalue weighted by Crippen LogP contribution is 2.17. The van der Waals surface area contributed by atoms with Crippen molar-refractivity contribution in [1.82, 2.24) is 10.2 Å². The molecule has 3 nitrogen and oxygen atoms in total. The lowest BCUT2D eigenvalue weighted by atomic mass is 9.98. The quantitative estimate of drug-likeness (QED) is 0.757. The summed E-state index contributed by atoms with van der Waals surface area (Å²) >= 11 is 0. The SMILES string of the molecule is CCCC1CNC(CC(C)C)CN1CC(C)OC. The third-order valence-electron chi connectivity index (χ3n) is 3.89. The van der Waals surface area contributed by atoms with Gasteiger partial charge in [0.1, 0.15) is 0 Å². The molecule has 0 saturated carbocycles. The van der Waals surface area contributed by atoms with Crippen molar-refractivity contribution in [1.29, 1.82) is 0 Å². The van der Waals surface area contributed by atoms with Crippen LogP contribution in [0.3, 0.4) is 0 Å². The Hall–Kier alpha value is -0.120. The van der Waals surface area contributed by atoms with Crippen LogP contribution >= 0.6 is 0 Å².